The first kappa shape index (κ1) is 12.4. The van der Waals surface area contributed by atoms with Gasteiger partial charge in [0.1, 0.15) is 0 Å². The van der Waals surface area contributed by atoms with Crippen molar-refractivity contribution < 1.29 is 4.79 Å². The zero-order chi connectivity index (χ0) is 12.5. The highest BCUT2D eigenvalue weighted by Gasteiger charge is 2.40. The van der Waals surface area contributed by atoms with E-state index in [1.165, 1.54) is 12.8 Å². The van der Waals surface area contributed by atoms with Crippen molar-refractivity contribution in [1.29, 1.82) is 0 Å². The molecule has 1 aromatic rings. The molecule has 1 aliphatic rings. The highest BCUT2D eigenvalue weighted by Crippen LogP contribution is 2.47. The van der Waals surface area contributed by atoms with Gasteiger partial charge < -0.3 is 11.1 Å². The minimum atomic E-state index is -0.0380. The van der Waals surface area contributed by atoms with E-state index in [0.717, 1.165) is 17.4 Å². The first-order chi connectivity index (χ1) is 8.06. The van der Waals surface area contributed by atoms with E-state index in [-0.39, 0.29) is 5.91 Å². The summed E-state index contributed by atoms with van der Waals surface area (Å²) in [5, 5.41) is 2.99. The van der Waals surface area contributed by atoms with Crippen LogP contribution in [-0.4, -0.2) is 12.5 Å². The number of halogens is 1. The Morgan fingerprint density at radius 1 is 1.53 bits per heavy atom. The molecule has 0 aliphatic heterocycles. The molecular weight excluding hydrogens is 280 g/mol. The molecule has 1 saturated carbocycles. The van der Waals surface area contributed by atoms with Crippen LogP contribution in [0.2, 0.25) is 0 Å². The van der Waals surface area contributed by atoms with Crippen molar-refractivity contribution in [3.63, 3.8) is 0 Å². The number of anilines is 1. The van der Waals surface area contributed by atoms with Crippen LogP contribution in [-0.2, 0) is 0 Å². The second-order valence-electron chi connectivity index (χ2n) is 4.77. The van der Waals surface area contributed by atoms with Gasteiger partial charge >= 0.3 is 0 Å². The molecule has 0 radical (unpaired) electrons. The number of rotatable bonds is 4. The van der Waals surface area contributed by atoms with Crippen LogP contribution in [0.15, 0.2) is 22.7 Å². The number of nitrogens with one attached hydrogen (secondary N) is 1. The Bertz CT molecular complexity index is 441. The average molecular weight is 297 g/mol. The van der Waals surface area contributed by atoms with Gasteiger partial charge in [-0.2, -0.15) is 0 Å². The standard InChI is InChI=1S/C13H17BrN2O/c1-2-13(5-6-13)8-16-12(17)9-3-4-10(14)11(15)7-9/h3-4,7H,2,5-6,8,15H2,1H3,(H,16,17). The summed E-state index contributed by atoms with van der Waals surface area (Å²) in [5.74, 6) is -0.0380. The summed E-state index contributed by atoms with van der Waals surface area (Å²) in [7, 11) is 0. The smallest absolute Gasteiger partial charge is 0.251 e. The molecular formula is C13H17BrN2O. The number of amides is 1. The monoisotopic (exact) mass is 296 g/mol. The maximum Gasteiger partial charge on any atom is 0.251 e. The largest absolute Gasteiger partial charge is 0.398 e. The van der Waals surface area contributed by atoms with Crippen LogP contribution in [0.5, 0.6) is 0 Å². The third-order valence-electron chi connectivity index (χ3n) is 3.59. The Balaban J connectivity index is 1.97. The van der Waals surface area contributed by atoms with Gasteiger partial charge in [-0.15, -0.1) is 0 Å². The van der Waals surface area contributed by atoms with Crippen molar-refractivity contribution in [2.45, 2.75) is 26.2 Å². The Morgan fingerprint density at radius 2 is 2.24 bits per heavy atom. The van der Waals surface area contributed by atoms with Gasteiger partial charge in [-0.05, 0) is 58.8 Å². The molecule has 3 N–H and O–H groups in total. The molecule has 3 nitrogen and oxygen atoms in total. The maximum absolute atomic E-state index is 11.9. The van der Waals surface area contributed by atoms with Crippen LogP contribution in [0, 0.1) is 5.41 Å². The molecule has 4 heteroatoms. The van der Waals surface area contributed by atoms with E-state index in [9.17, 15) is 4.79 Å². The number of hydrogen-bond donors (Lipinski definition) is 2. The summed E-state index contributed by atoms with van der Waals surface area (Å²) < 4.78 is 0.821. The summed E-state index contributed by atoms with van der Waals surface area (Å²) >= 11 is 3.31. The van der Waals surface area contributed by atoms with Gasteiger partial charge in [-0.1, -0.05) is 6.92 Å². The van der Waals surface area contributed by atoms with E-state index in [0.29, 0.717) is 16.7 Å². The van der Waals surface area contributed by atoms with Crippen molar-refractivity contribution in [2.24, 2.45) is 5.41 Å². The van der Waals surface area contributed by atoms with E-state index < -0.39 is 0 Å². The van der Waals surface area contributed by atoms with Crippen LogP contribution in [0.3, 0.4) is 0 Å². The number of nitrogens with two attached hydrogens (primary N) is 1. The molecule has 2 rings (SSSR count). The van der Waals surface area contributed by atoms with Crippen LogP contribution < -0.4 is 11.1 Å². The third-order valence-corrected chi connectivity index (χ3v) is 4.31. The fourth-order valence-electron chi connectivity index (χ4n) is 1.89. The minimum absolute atomic E-state index is 0.0380. The van der Waals surface area contributed by atoms with Crippen molar-refractivity contribution in [3.05, 3.63) is 28.2 Å². The number of hydrogen-bond acceptors (Lipinski definition) is 2. The molecule has 0 spiro atoms. The van der Waals surface area contributed by atoms with Crippen LogP contribution in [0.25, 0.3) is 0 Å². The Kier molecular flexibility index (Phi) is 3.43. The Hall–Kier alpha value is -1.03. The first-order valence-electron chi connectivity index (χ1n) is 5.89. The predicted molar refractivity (Wildman–Crippen MR) is 72.8 cm³/mol. The van der Waals surface area contributed by atoms with E-state index in [1.54, 1.807) is 18.2 Å². The zero-order valence-corrected chi connectivity index (χ0v) is 11.5. The van der Waals surface area contributed by atoms with Crippen LogP contribution >= 0.6 is 15.9 Å². The Labute approximate surface area is 110 Å². The molecule has 92 valence electrons. The van der Waals surface area contributed by atoms with Crippen molar-refractivity contribution in [3.8, 4) is 0 Å². The summed E-state index contributed by atoms with van der Waals surface area (Å²) in [6.45, 7) is 2.95. The highest BCUT2D eigenvalue weighted by molar-refractivity contribution is 9.10. The second kappa shape index (κ2) is 4.69. The number of benzene rings is 1. The summed E-state index contributed by atoms with van der Waals surface area (Å²) in [5.41, 5.74) is 7.34. The molecule has 0 aromatic heterocycles. The molecule has 0 heterocycles. The van der Waals surface area contributed by atoms with Crippen molar-refractivity contribution >= 4 is 27.5 Å². The quantitative estimate of drug-likeness (QED) is 0.840. The van der Waals surface area contributed by atoms with Gasteiger partial charge in [0, 0.05) is 22.3 Å². The van der Waals surface area contributed by atoms with Gasteiger partial charge in [0.25, 0.3) is 5.91 Å². The lowest BCUT2D eigenvalue weighted by atomic mass is 10.0. The predicted octanol–water partition coefficient (Wildman–Crippen LogP) is 2.95. The first-order valence-corrected chi connectivity index (χ1v) is 6.69. The normalized spacial score (nSPS) is 16.6. The summed E-state index contributed by atoms with van der Waals surface area (Å²) in [6.07, 6.45) is 3.59. The summed E-state index contributed by atoms with van der Waals surface area (Å²) in [6, 6.07) is 5.28. The summed E-state index contributed by atoms with van der Waals surface area (Å²) in [4.78, 5) is 11.9. The zero-order valence-electron chi connectivity index (χ0n) is 9.92. The molecule has 0 unspecified atom stereocenters. The lowest BCUT2D eigenvalue weighted by Crippen LogP contribution is -2.30. The lowest BCUT2D eigenvalue weighted by molar-refractivity contribution is 0.0944. The SMILES string of the molecule is CCC1(CNC(=O)c2ccc(Br)c(N)c2)CC1. The van der Waals surface area contributed by atoms with Gasteiger partial charge in [-0.25, -0.2) is 0 Å². The van der Waals surface area contributed by atoms with Gasteiger partial charge in [0.2, 0.25) is 0 Å². The molecule has 1 fully saturated rings. The van der Waals surface area contributed by atoms with Gasteiger partial charge in [0.05, 0.1) is 0 Å². The topological polar surface area (TPSA) is 55.1 Å². The maximum atomic E-state index is 11.9. The minimum Gasteiger partial charge on any atom is -0.398 e. The lowest BCUT2D eigenvalue weighted by Gasteiger charge is -2.13. The van der Waals surface area contributed by atoms with Crippen LogP contribution in [0.4, 0.5) is 5.69 Å². The number of carbonyl (C=O) groups is 1. The van der Waals surface area contributed by atoms with Gasteiger partial charge in [0.15, 0.2) is 0 Å². The fourth-order valence-corrected chi connectivity index (χ4v) is 2.13. The molecule has 0 atom stereocenters. The van der Waals surface area contributed by atoms with Crippen LogP contribution in [0.1, 0.15) is 36.5 Å². The molecule has 17 heavy (non-hydrogen) atoms. The van der Waals surface area contributed by atoms with E-state index in [2.05, 4.69) is 28.2 Å². The second-order valence-corrected chi connectivity index (χ2v) is 5.63. The molecule has 0 bridgehead atoms. The molecule has 1 amide bonds. The molecule has 1 aliphatic carbocycles. The highest BCUT2D eigenvalue weighted by atomic mass is 79.9. The van der Waals surface area contributed by atoms with Crippen molar-refractivity contribution in [1.82, 2.24) is 5.32 Å². The molecule has 1 aromatic carbocycles. The average Bonchev–Trinajstić information content (AvgIpc) is 3.10. The van der Waals surface area contributed by atoms with Crippen molar-refractivity contribution in [2.75, 3.05) is 12.3 Å². The number of nitrogen functional groups attached to an aromatic ring is 1. The van der Waals surface area contributed by atoms with Gasteiger partial charge in [-0.3, -0.25) is 4.79 Å². The Morgan fingerprint density at radius 3 is 2.76 bits per heavy atom. The van der Waals surface area contributed by atoms with E-state index >= 15 is 0 Å². The van der Waals surface area contributed by atoms with E-state index in [1.807, 2.05) is 0 Å². The fraction of sp³-hybridized carbons (Fsp3) is 0.462. The third kappa shape index (κ3) is 2.80. The number of carbonyl (C=O) groups excluding carboxylic acids is 1. The molecule has 0 saturated heterocycles. The van der Waals surface area contributed by atoms with E-state index in [4.69, 9.17) is 5.73 Å².